The smallest absolute Gasteiger partial charge is 0.163 e. The van der Waals surface area contributed by atoms with Crippen molar-refractivity contribution in [3.05, 3.63) is 22.2 Å². The largest absolute Gasteiger partial charge is 0.504 e. The van der Waals surface area contributed by atoms with Crippen molar-refractivity contribution in [3.63, 3.8) is 0 Å². The molecule has 15 heavy (non-hydrogen) atoms. The number of phenols is 2. The molecule has 1 aromatic rings. The summed E-state index contributed by atoms with van der Waals surface area (Å²) in [6, 6.07) is 3.21. The first kappa shape index (κ1) is 10.7. The highest BCUT2D eigenvalue weighted by Crippen LogP contribution is 2.37. The van der Waals surface area contributed by atoms with Gasteiger partial charge in [0.1, 0.15) is 0 Å². The molecule has 1 atom stereocenters. The lowest BCUT2D eigenvalue weighted by Gasteiger charge is -2.24. The molecule has 0 saturated carbocycles. The Bertz CT molecular complexity index is 364. The summed E-state index contributed by atoms with van der Waals surface area (Å²) in [5.74, 6) is -0.236. The summed E-state index contributed by atoms with van der Waals surface area (Å²) < 4.78 is 6.22. The fourth-order valence-electron chi connectivity index (χ4n) is 1.62. The lowest BCUT2D eigenvalue weighted by atomic mass is 10.1. The van der Waals surface area contributed by atoms with Crippen LogP contribution >= 0.6 is 15.9 Å². The minimum Gasteiger partial charge on any atom is -0.504 e. The van der Waals surface area contributed by atoms with Gasteiger partial charge in [-0.2, -0.15) is 0 Å². The molecule has 82 valence electrons. The Labute approximate surface area is 96.0 Å². The topological polar surface area (TPSA) is 61.7 Å². The van der Waals surface area contributed by atoms with Crippen LogP contribution in [0.3, 0.4) is 0 Å². The number of rotatable bonds is 1. The van der Waals surface area contributed by atoms with Crippen molar-refractivity contribution in [1.29, 1.82) is 0 Å². The van der Waals surface area contributed by atoms with Gasteiger partial charge in [0.15, 0.2) is 11.5 Å². The average Bonchev–Trinajstić information content (AvgIpc) is 2.24. The number of morpholine rings is 1. The predicted molar refractivity (Wildman–Crippen MR) is 59.0 cm³/mol. The van der Waals surface area contributed by atoms with Crippen molar-refractivity contribution in [1.82, 2.24) is 5.32 Å². The number of nitrogens with one attached hydrogen (secondary N) is 1. The number of benzene rings is 1. The second kappa shape index (κ2) is 4.38. The van der Waals surface area contributed by atoms with Crippen LogP contribution in [0.1, 0.15) is 11.7 Å². The van der Waals surface area contributed by atoms with Crippen molar-refractivity contribution in [2.75, 3.05) is 19.7 Å². The van der Waals surface area contributed by atoms with Crippen LogP contribution in [0.2, 0.25) is 0 Å². The molecule has 0 spiro atoms. The van der Waals surface area contributed by atoms with E-state index in [1.165, 1.54) is 6.07 Å². The van der Waals surface area contributed by atoms with Gasteiger partial charge >= 0.3 is 0 Å². The molecule has 0 bridgehead atoms. The highest BCUT2D eigenvalue weighted by atomic mass is 79.9. The van der Waals surface area contributed by atoms with E-state index in [0.717, 1.165) is 11.0 Å². The van der Waals surface area contributed by atoms with Crippen molar-refractivity contribution in [2.24, 2.45) is 0 Å². The predicted octanol–water partition coefficient (Wildman–Crippen LogP) is 1.52. The minimum absolute atomic E-state index is 0.105. The summed E-state index contributed by atoms with van der Waals surface area (Å²) in [7, 11) is 0. The second-order valence-corrected chi connectivity index (χ2v) is 4.34. The molecular formula is C10H12BrNO3. The van der Waals surface area contributed by atoms with E-state index >= 15 is 0 Å². The fraction of sp³-hybridized carbons (Fsp3) is 0.400. The first-order chi connectivity index (χ1) is 7.18. The molecule has 0 aliphatic carbocycles. The third kappa shape index (κ3) is 2.25. The van der Waals surface area contributed by atoms with Crippen LogP contribution in [0.4, 0.5) is 0 Å². The van der Waals surface area contributed by atoms with E-state index in [-0.39, 0.29) is 17.6 Å². The zero-order valence-corrected chi connectivity index (χ0v) is 9.62. The number of halogens is 1. The Morgan fingerprint density at radius 2 is 2.20 bits per heavy atom. The molecule has 3 N–H and O–H groups in total. The van der Waals surface area contributed by atoms with Gasteiger partial charge in [-0.25, -0.2) is 0 Å². The average molecular weight is 274 g/mol. The standard InChI is InChI=1S/C10H12BrNO3/c11-6-3-7(10(14)8(13)4-6)9-5-12-1-2-15-9/h3-4,9,12-14H,1-2,5H2. The summed E-state index contributed by atoms with van der Waals surface area (Å²) in [4.78, 5) is 0. The molecule has 5 heteroatoms. The summed E-state index contributed by atoms with van der Waals surface area (Å²) in [6.07, 6.45) is -0.206. The lowest BCUT2D eigenvalue weighted by Crippen LogP contribution is -2.33. The molecule has 1 aliphatic rings. The molecule has 2 rings (SSSR count). The van der Waals surface area contributed by atoms with E-state index in [1.54, 1.807) is 6.07 Å². The Balaban J connectivity index is 2.33. The van der Waals surface area contributed by atoms with Crippen LogP contribution in [0.15, 0.2) is 16.6 Å². The van der Waals surface area contributed by atoms with Gasteiger partial charge in [0.2, 0.25) is 0 Å². The van der Waals surface area contributed by atoms with Gasteiger partial charge in [0.25, 0.3) is 0 Å². The maximum atomic E-state index is 9.70. The molecule has 0 amide bonds. The summed E-state index contributed by atoms with van der Waals surface area (Å²) in [5.41, 5.74) is 0.606. The fourth-order valence-corrected chi connectivity index (χ4v) is 2.08. The van der Waals surface area contributed by atoms with Crippen LogP contribution in [-0.4, -0.2) is 29.9 Å². The number of phenolic OH excluding ortho intramolecular Hbond substituents is 2. The van der Waals surface area contributed by atoms with Gasteiger partial charge in [0, 0.05) is 23.1 Å². The number of aromatic hydroxyl groups is 2. The normalized spacial score (nSPS) is 21.5. The molecule has 0 aromatic heterocycles. The summed E-state index contributed by atoms with van der Waals surface area (Å²) in [5, 5.41) is 22.3. The van der Waals surface area contributed by atoms with Crippen molar-refractivity contribution in [3.8, 4) is 11.5 Å². The zero-order valence-electron chi connectivity index (χ0n) is 8.03. The van der Waals surface area contributed by atoms with E-state index in [1.807, 2.05) is 0 Å². The maximum Gasteiger partial charge on any atom is 0.163 e. The molecular weight excluding hydrogens is 262 g/mol. The molecule has 1 fully saturated rings. The SMILES string of the molecule is Oc1cc(Br)cc(C2CNCCO2)c1O. The third-order valence-electron chi connectivity index (χ3n) is 2.36. The van der Waals surface area contributed by atoms with Gasteiger partial charge in [-0.15, -0.1) is 0 Å². The van der Waals surface area contributed by atoms with Gasteiger partial charge in [0.05, 0.1) is 12.7 Å². The lowest BCUT2D eigenvalue weighted by molar-refractivity contribution is 0.0261. The van der Waals surface area contributed by atoms with E-state index in [0.29, 0.717) is 18.7 Å². The Morgan fingerprint density at radius 3 is 2.87 bits per heavy atom. The zero-order chi connectivity index (χ0) is 10.8. The highest BCUT2D eigenvalue weighted by molar-refractivity contribution is 9.10. The Kier molecular flexibility index (Phi) is 3.14. The van der Waals surface area contributed by atoms with Crippen molar-refractivity contribution < 1.29 is 14.9 Å². The molecule has 1 heterocycles. The molecule has 1 aromatic carbocycles. The van der Waals surface area contributed by atoms with Crippen LogP contribution in [0.5, 0.6) is 11.5 Å². The van der Waals surface area contributed by atoms with Crippen LogP contribution in [-0.2, 0) is 4.74 Å². The van der Waals surface area contributed by atoms with E-state index in [2.05, 4.69) is 21.2 Å². The van der Waals surface area contributed by atoms with E-state index in [9.17, 15) is 10.2 Å². The first-order valence-corrected chi connectivity index (χ1v) is 5.51. The molecule has 1 aliphatic heterocycles. The molecule has 1 saturated heterocycles. The third-order valence-corrected chi connectivity index (χ3v) is 2.82. The Hall–Kier alpha value is -0.780. The van der Waals surface area contributed by atoms with Gasteiger partial charge in [-0.3, -0.25) is 0 Å². The minimum atomic E-state index is -0.206. The maximum absolute atomic E-state index is 9.70. The Morgan fingerprint density at radius 1 is 1.40 bits per heavy atom. The quantitative estimate of drug-likeness (QED) is 0.679. The van der Waals surface area contributed by atoms with E-state index < -0.39 is 0 Å². The first-order valence-electron chi connectivity index (χ1n) is 4.72. The van der Waals surface area contributed by atoms with Crippen molar-refractivity contribution >= 4 is 15.9 Å². The van der Waals surface area contributed by atoms with Crippen molar-refractivity contribution in [2.45, 2.75) is 6.10 Å². The van der Waals surface area contributed by atoms with Gasteiger partial charge in [-0.1, -0.05) is 15.9 Å². The monoisotopic (exact) mass is 273 g/mol. The van der Waals surface area contributed by atoms with Gasteiger partial charge < -0.3 is 20.3 Å². The highest BCUT2D eigenvalue weighted by Gasteiger charge is 2.21. The van der Waals surface area contributed by atoms with Crippen LogP contribution in [0.25, 0.3) is 0 Å². The van der Waals surface area contributed by atoms with Gasteiger partial charge in [-0.05, 0) is 12.1 Å². The van der Waals surface area contributed by atoms with Crippen LogP contribution < -0.4 is 5.32 Å². The second-order valence-electron chi connectivity index (χ2n) is 3.43. The number of hydrogen-bond donors (Lipinski definition) is 3. The molecule has 1 unspecified atom stereocenters. The number of hydrogen-bond acceptors (Lipinski definition) is 4. The van der Waals surface area contributed by atoms with E-state index in [4.69, 9.17) is 4.74 Å². The summed E-state index contributed by atoms with van der Waals surface area (Å²) in [6.45, 7) is 2.07. The van der Waals surface area contributed by atoms with Crippen LogP contribution in [0, 0.1) is 0 Å². The molecule has 4 nitrogen and oxygen atoms in total. The molecule has 0 radical (unpaired) electrons. The summed E-state index contributed by atoms with van der Waals surface area (Å²) >= 11 is 3.27. The number of ether oxygens (including phenoxy) is 1.